The van der Waals surface area contributed by atoms with Crippen molar-refractivity contribution in [3.05, 3.63) is 74.9 Å². The highest BCUT2D eigenvalue weighted by molar-refractivity contribution is 9.10. The quantitative estimate of drug-likeness (QED) is 0.389. The molecule has 0 radical (unpaired) electrons. The van der Waals surface area contributed by atoms with Gasteiger partial charge in [-0.15, -0.1) is 0 Å². The average molecular weight is 462 g/mol. The van der Waals surface area contributed by atoms with Gasteiger partial charge < -0.3 is 9.15 Å². The van der Waals surface area contributed by atoms with Crippen LogP contribution in [0, 0.1) is 13.8 Å². The zero-order valence-electron chi connectivity index (χ0n) is 15.3. The molecular weight excluding hydrogens is 444 g/mol. The van der Waals surface area contributed by atoms with Gasteiger partial charge in [0.15, 0.2) is 6.61 Å². The molecule has 0 fully saturated rings. The second-order valence-corrected chi connectivity index (χ2v) is 7.47. The highest BCUT2D eigenvalue weighted by Gasteiger charge is 2.09. The minimum Gasteiger partial charge on any atom is -0.482 e. The predicted octanol–water partition coefficient (Wildman–Crippen LogP) is 5.51. The first-order valence-electron chi connectivity index (χ1n) is 8.49. The summed E-state index contributed by atoms with van der Waals surface area (Å²) in [5.74, 6) is 1.48. The number of carbonyl (C=O) groups excluding carboxylic acids is 1. The largest absolute Gasteiger partial charge is 0.482 e. The van der Waals surface area contributed by atoms with Crippen LogP contribution < -0.4 is 10.2 Å². The average Bonchev–Trinajstić information content (AvgIpc) is 3.10. The van der Waals surface area contributed by atoms with Gasteiger partial charge in [-0.05, 0) is 83.4 Å². The molecule has 0 spiro atoms. The van der Waals surface area contributed by atoms with Crippen LogP contribution in [0.5, 0.6) is 5.75 Å². The van der Waals surface area contributed by atoms with Gasteiger partial charge in [0.25, 0.3) is 5.91 Å². The van der Waals surface area contributed by atoms with Crippen LogP contribution in [0.15, 0.2) is 62.5 Å². The smallest absolute Gasteiger partial charge is 0.277 e. The van der Waals surface area contributed by atoms with Crippen molar-refractivity contribution in [2.75, 3.05) is 6.61 Å². The van der Waals surface area contributed by atoms with E-state index in [4.69, 9.17) is 20.8 Å². The Kier molecular flexibility index (Phi) is 6.54. The number of amides is 1. The van der Waals surface area contributed by atoms with Crippen molar-refractivity contribution < 1.29 is 13.9 Å². The number of furan rings is 1. The van der Waals surface area contributed by atoms with Gasteiger partial charge in [-0.3, -0.25) is 4.79 Å². The number of carbonyl (C=O) groups is 1. The molecule has 1 aromatic heterocycles. The Balaban J connectivity index is 1.54. The Bertz CT molecular complexity index is 990. The fraction of sp³-hybridized carbons (Fsp3) is 0.143. The fourth-order valence-corrected chi connectivity index (χ4v) is 3.53. The lowest BCUT2D eigenvalue weighted by Gasteiger charge is -2.11. The van der Waals surface area contributed by atoms with E-state index < -0.39 is 0 Å². The van der Waals surface area contributed by atoms with E-state index in [0.29, 0.717) is 22.3 Å². The number of aryl methyl sites for hydroxylation is 2. The Morgan fingerprint density at radius 2 is 1.96 bits per heavy atom. The number of nitrogens with zero attached hydrogens (tertiary/aromatic N) is 1. The molecule has 0 bridgehead atoms. The molecule has 3 aromatic rings. The second kappa shape index (κ2) is 9.08. The molecule has 28 heavy (non-hydrogen) atoms. The van der Waals surface area contributed by atoms with Gasteiger partial charge in [0, 0.05) is 10.6 Å². The monoisotopic (exact) mass is 460 g/mol. The van der Waals surface area contributed by atoms with Crippen LogP contribution >= 0.6 is 27.5 Å². The molecule has 5 nitrogen and oxygen atoms in total. The topological polar surface area (TPSA) is 63.8 Å². The number of nitrogens with one attached hydrogen (secondary N) is 1. The highest BCUT2D eigenvalue weighted by atomic mass is 79.9. The van der Waals surface area contributed by atoms with E-state index in [1.54, 1.807) is 18.2 Å². The van der Waals surface area contributed by atoms with Gasteiger partial charge in [0.1, 0.15) is 17.3 Å². The molecular formula is C21H18BrClN2O3. The molecule has 1 heterocycles. The molecule has 0 aliphatic heterocycles. The third-order valence-corrected chi connectivity index (χ3v) is 4.70. The molecule has 2 aromatic carbocycles. The SMILES string of the molecule is Cc1cc(C)c(OCC(=O)N/N=C/c2ccc(-c3ccc(Cl)cc3)o2)c(Br)c1. The number of benzene rings is 2. The zero-order chi connectivity index (χ0) is 20.1. The normalized spacial score (nSPS) is 11.0. The summed E-state index contributed by atoms with van der Waals surface area (Å²) in [6.45, 7) is 3.78. The first-order valence-corrected chi connectivity index (χ1v) is 9.66. The van der Waals surface area contributed by atoms with Gasteiger partial charge in [-0.1, -0.05) is 17.7 Å². The van der Waals surface area contributed by atoms with Crippen LogP contribution in [0.4, 0.5) is 0 Å². The number of halogens is 2. The first kappa shape index (κ1) is 20.2. The summed E-state index contributed by atoms with van der Waals surface area (Å²) in [5, 5.41) is 4.56. The standard InChI is InChI=1S/C21H18BrClN2O3/c1-13-9-14(2)21(18(22)10-13)27-12-20(26)25-24-11-17-7-8-19(28-17)15-3-5-16(23)6-4-15/h3-11H,12H2,1-2H3,(H,25,26)/b24-11+. The van der Waals surface area contributed by atoms with Crippen LogP contribution in [-0.2, 0) is 4.79 Å². The second-order valence-electron chi connectivity index (χ2n) is 6.18. The van der Waals surface area contributed by atoms with E-state index in [1.165, 1.54) is 6.21 Å². The van der Waals surface area contributed by atoms with Gasteiger partial charge in [0.2, 0.25) is 0 Å². The van der Waals surface area contributed by atoms with Crippen LogP contribution in [0.2, 0.25) is 5.02 Å². The number of ether oxygens (including phenoxy) is 1. The maximum absolute atomic E-state index is 11.9. The maximum Gasteiger partial charge on any atom is 0.277 e. The van der Waals surface area contributed by atoms with Crippen LogP contribution in [0.3, 0.4) is 0 Å². The van der Waals surface area contributed by atoms with Crippen LogP contribution in [0.1, 0.15) is 16.9 Å². The van der Waals surface area contributed by atoms with E-state index in [0.717, 1.165) is 21.2 Å². The van der Waals surface area contributed by atoms with Crippen molar-refractivity contribution in [1.29, 1.82) is 0 Å². The molecule has 7 heteroatoms. The third kappa shape index (κ3) is 5.24. The number of hydrazone groups is 1. The molecule has 0 unspecified atom stereocenters. The van der Waals surface area contributed by atoms with Gasteiger partial charge in [-0.25, -0.2) is 5.43 Å². The van der Waals surface area contributed by atoms with Crippen LogP contribution in [0.25, 0.3) is 11.3 Å². The van der Waals surface area contributed by atoms with Crippen LogP contribution in [-0.4, -0.2) is 18.7 Å². The predicted molar refractivity (Wildman–Crippen MR) is 114 cm³/mol. The van der Waals surface area contributed by atoms with Gasteiger partial charge in [0.05, 0.1) is 10.7 Å². The Morgan fingerprint density at radius 3 is 2.68 bits per heavy atom. The van der Waals surface area contributed by atoms with Crippen molar-refractivity contribution in [3.8, 4) is 17.1 Å². The van der Waals surface area contributed by atoms with Crippen molar-refractivity contribution in [1.82, 2.24) is 5.43 Å². The summed E-state index contributed by atoms with van der Waals surface area (Å²) < 4.78 is 12.1. The summed E-state index contributed by atoms with van der Waals surface area (Å²) >= 11 is 9.34. The van der Waals surface area contributed by atoms with Crippen molar-refractivity contribution in [2.24, 2.45) is 5.10 Å². The Morgan fingerprint density at radius 1 is 1.21 bits per heavy atom. The molecule has 0 aliphatic rings. The molecule has 144 valence electrons. The van der Waals surface area contributed by atoms with Crippen molar-refractivity contribution in [3.63, 3.8) is 0 Å². The molecule has 0 saturated heterocycles. The van der Waals surface area contributed by atoms with E-state index in [9.17, 15) is 4.79 Å². The molecule has 1 amide bonds. The minimum absolute atomic E-state index is 0.145. The van der Waals surface area contributed by atoms with E-state index >= 15 is 0 Å². The minimum atomic E-state index is -0.368. The molecule has 0 saturated carbocycles. The summed E-state index contributed by atoms with van der Waals surface area (Å²) in [7, 11) is 0. The summed E-state index contributed by atoms with van der Waals surface area (Å²) in [4.78, 5) is 11.9. The highest BCUT2D eigenvalue weighted by Crippen LogP contribution is 2.30. The first-order chi connectivity index (χ1) is 13.4. The van der Waals surface area contributed by atoms with Gasteiger partial charge >= 0.3 is 0 Å². The van der Waals surface area contributed by atoms with Crippen molar-refractivity contribution in [2.45, 2.75) is 13.8 Å². The fourth-order valence-electron chi connectivity index (χ4n) is 2.61. The molecule has 0 aliphatic carbocycles. The lowest BCUT2D eigenvalue weighted by molar-refractivity contribution is -0.123. The number of hydrogen-bond acceptors (Lipinski definition) is 4. The van der Waals surface area contributed by atoms with Crippen molar-refractivity contribution >= 4 is 39.7 Å². The summed E-state index contributed by atoms with van der Waals surface area (Å²) in [6, 6.07) is 14.8. The number of rotatable bonds is 6. The molecule has 0 atom stereocenters. The lowest BCUT2D eigenvalue weighted by Crippen LogP contribution is -2.24. The maximum atomic E-state index is 11.9. The zero-order valence-corrected chi connectivity index (χ0v) is 17.7. The molecule has 3 rings (SSSR count). The third-order valence-electron chi connectivity index (χ3n) is 3.86. The Labute approximate surface area is 176 Å². The van der Waals surface area contributed by atoms with Gasteiger partial charge in [-0.2, -0.15) is 5.10 Å². The summed E-state index contributed by atoms with van der Waals surface area (Å²) in [6.07, 6.45) is 1.43. The number of hydrogen-bond donors (Lipinski definition) is 1. The summed E-state index contributed by atoms with van der Waals surface area (Å²) in [5.41, 5.74) is 5.39. The Hall–Kier alpha value is -2.57. The van der Waals surface area contributed by atoms with E-state index in [1.807, 2.05) is 44.2 Å². The van der Waals surface area contributed by atoms with E-state index in [-0.39, 0.29) is 12.5 Å². The van der Waals surface area contributed by atoms with E-state index in [2.05, 4.69) is 26.5 Å². The lowest BCUT2D eigenvalue weighted by atomic mass is 10.1. The molecule has 1 N–H and O–H groups in total.